The molecule has 0 amide bonds. The van der Waals surface area contributed by atoms with Crippen LogP contribution in [0.1, 0.15) is 30.3 Å². The molecule has 0 unspecified atom stereocenters. The highest BCUT2D eigenvalue weighted by atomic mass is 35.5. The van der Waals surface area contributed by atoms with E-state index in [1.807, 2.05) is 13.0 Å². The molecule has 1 aliphatic carbocycles. The molecular formula is C20H16ClFN6. The van der Waals surface area contributed by atoms with E-state index in [0.29, 0.717) is 22.4 Å². The predicted octanol–water partition coefficient (Wildman–Crippen LogP) is 4.41. The summed E-state index contributed by atoms with van der Waals surface area (Å²) in [6, 6.07) is 9.81. The Bertz CT molecular complexity index is 1190. The van der Waals surface area contributed by atoms with Gasteiger partial charge in [-0.15, -0.1) is 5.10 Å². The molecule has 140 valence electrons. The molecule has 1 aliphatic rings. The third kappa shape index (κ3) is 2.88. The minimum atomic E-state index is -0.319. The van der Waals surface area contributed by atoms with Gasteiger partial charge in [-0.25, -0.2) is 19.3 Å². The molecule has 0 atom stereocenters. The van der Waals surface area contributed by atoms with Crippen LogP contribution in [0, 0.1) is 12.7 Å². The maximum Gasteiger partial charge on any atom is 0.223 e. The third-order valence-corrected chi connectivity index (χ3v) is 4.99. The zero-order valence-electron chi connectivity index (χ0n) is 15.0. The van der Waals surface area contributed by atoms with Crippen LogP contribution in [0.2, 0.25) is 5.15 Å². The summed E-state index contributed by atoms with van der Waals surface area (Å²) in [5, 5.41) is 4.94. The van der Waals surface area contributed by atoms with Crippen molar-refractivity contribution in [3.05, 3.63) is 58.9 Å². The van der Waals surface area contributed by atoms with Crippen molar-refractivity contribution in [3.8, 4) is 22.4 Å². The first-order valence-electron chi connectivity index (χ1n) is 8.96. The zero-order valence-corrected chi connectivity index (χ0v) is 15.8. The first-order valence-corrected chi connectivity index (χ1v) is 9.34. The molecule has 0 aliphatic heterocycles. The van der Waals surface area contributed by atoms with Crippen LogP contribution in [0.4, 0.5) is 10.3 Å². The average molecular weight is 395 g/mol. The van der Waals surface area contributed by atoms with Crippen LogP contribution in [0.25, 0.3) is 28.0 Å². The highest BCUT2D eigenvalue weighted by molar-refractivity contribution is 6.29. The normalized spacial score (nSPS) is 14.0. The van der Waals surface area contributed by atoms with Crippen LogP contribution in [0.15, 0.2) is 36.4 Å². The molecule has 3 aromatic heterocycles. The van der Waals surface area contributed by atoms with E-state index in [2.05, 4.69) is 15.1 Å². The molecule has 0 spiro atoms. The summed E-state index contributed by atoms with van der Waals surface area (Å²) in [6.07, 6.45) is 2.15. The summed E-state index contributed by atoms with van der Waals surface area (Å²) < 4.78 is 15.0. The zero-order chi connectivity index (χ0) is 19.4. The lowest BCUT2D eigenvalue weighted by Crippen LogP contribution is -2.06. The lowest BCUT2D eigenvalue weighted by molar-refractivity contribution is 0.628. The van der Waals surface area contributed by atoms with E-state index in [0.717, 1.165) is 41.1 Å². The number of nitrogens with zero attached hydrogens (tertiary/aromatic N) is 5. The Balaban J connectivity index is 1.86. The molecule has 8 heteroatoms. The average Bonchev–Trinajstić information content (AvgIpc) is 3.40. The number of nitrogens with two attached hydrogens (primary N) is 1. The lowest BCUT2D eigenvalue weighted by Gasteiger charge is -2.12. The molecule has 1 aromatic carbocycles. The highest BCUT2D eigenvalue weighted by Gasteiger charge is 2.30. The van der Waals surface area contributed by atoms with Crippen molar-refractivity contribution in [2.45, 2.75) is 25.7 Å². The number of anilines is 1. The first kappa shape index (κ1) is 17.1. The molecule has 1 fully saturated rings. The van der Waals surface area contributed by atoms with E-state index >= 15 is 0 Å². The minimum absolute atomic E-state index is 0.231. The highest BCUT2D eigenvalue weighted by Crippen LogP contribution is 2.41. The maximum atomic E-state index is 13.5. The van der Waals surface area contributed by atoms with Gasteiger partial charge in [0.2, 0.25) is 5.95 Å². The number of fused-ring (bicyclic) bond motifs is 1. The topological polar surface area (TPSA) is 82.0 Å². The number of hydrogen-bond acceptors (Lipinski definition) is 5. The van der Waals surface area contributed by atoms with Crippen molar-refractivity contribution in [2.75, 3.05) is 5.73 Å². The Kier molecular flexibility index (Phi) is 3.80. The van der Waals surface area contributed by atoms with Crippen LogP contribution in [-0.2, 0) is 0 Å². The molecule has 2 N–H and O–H groups in total. The first-order chi connectivity index (χ1) is 13.5. The van der Waals surface area contributed by atoms with Crippen LogP contribution < -0.4 is 5.73 Å². The second-order valence-corrected chi connectivity index (χ2v) is 7.39. The number of benzene rings is 1. The van der Waals surface area contributed by atoms with Gasteiger partial charge in [-0.2, -0.15) is 4.52 Å². The molecule has 0 radical (unpaired) electrons. The van der Waals surface area contributed by atoms with Crippen molar-refractivity contribution >= 4 is 23.2 Å². The number of nitrogen functional groups attached to an aromatic ring is 1. The van der Waals surface area contributed by atoms with Gasteiger partial charge in [0.15, 0.2) is 11.5 Å². The Morgan fingerprint density at radius 1 is 1.07 bits per heavy atom. The van der Waals surface area contributed by atoms with Gasteiger partial charge in [0.1, 0.15) is 11.0 Å². The Morgan fingerprint density at radius 2 is 1.82 bits per heavy atom. The Labute approximate surface area is 165 Å². The number of aryl methyl sites for hydroxylation is 1. The number of rotatable bonds is 3. The fourth-order valence-electron chi connectivity index (χ4n) is 3.34. The quantitative estimate of drug-likeness (QED) is 0.520. The minimum Gasteiger partial charge on any atom is -0.368 e. The van der Waals surface area contributed by atoms with Gasteiger partial charge in [-0.05, 0) is 61.7 Å². The van der Waals surface area contributed by atoms with Gasteiger partial charge in [0, 0.05) is 17.2 Å². The number of halogens is 2. The van der Waals surface area contributed by atoms with Gasteiger partial charge in [-0.3, -0.25) is 0 Å². The molecule has 0 bridgehead atoms. The van der Waals surface area contributed by atoms with E-state index in [1.54, 1.807) is 22.7 Å². The molecule has 5 rings (SSSR count). The Morgan fingerprint density at radius 3 is 2.50 bits per heavy atom. The summed E-state index contributed by atoms with van der Waals surface area (Å²) in [5.41, 5.74) is 10.5. The van der Waals surface area contributed by atoms with Crippen molar-refractivity contribution in [3.63, 3.8) is 0 Å². The van der Waals surface area contributed by atoms with Crippen LogP contribution in [0.5, 0.6) is 0 Å². The van der Waals surface area contributed by atoms with Crippen LogP contribution in [0.3, 0.4) is 0 Å². The molecule has 4 aromatic rings. The third-order valence-electron chi connectivity index (χ3n) is 4.80. The molecule has 1 saturated carbocycles. The fourth-order valence-corrected chi connectivity index (χ4v) is 3.59. The number of hydrogen-bond donors (Lipinski definition) is 1. The molecule has 0 saturated heterocycles. The second-order valence-electron chi connectivity index (χ2n) is 7.00. The van der Waals surface area contributed by atoms with Gasteiger partial charge >= 0.3 is 0 Å². The maximum absolute atomic E-state index is 13.5. The lowest BCUT2D eigenvalue weighted by atomic mass is 10.00. The van der Waals surface area contributed by atoms with Gasteiger partial charge < -0.3 is 5.73 Å². The monoisotopic (exact) mass is 394 g/mol. The van der Waals surface area contributed by atoms with Gasteiger partial charge in [-0.1, -0.05) is 11.6 Å². The fraction of sp³-hybridized carbons (Fsp3) is 0.200. The van der Waals surface area contributed by atoms with Crippen molar-refractivity contribution < 1.29 is 4.39 Å². The van der Waals surface area contributed by atoms with Crippen molar-refractivity contribution in [2.24, 2.45) is 0 Å². The van der Waals surface area contributed by atoms with E-state index in [4.69, 9.17) is 22.3 Å². The molecule has 6 nitrogen and oxygen atoms in total. The Hall–Kier alpha value is -3.06. The summed E-state index contributed by atoms with van der Waals surface area (Å²) in [7, 11) is 0. The molecule has 28 heavy (non-hydrogen) atoms. The van der Waals surface area contributed by atoms with E-state index in [-0.39, 0.29) is 11.8 Å². The van der Waals surface area contributed by atoms with E-state index < -0.39 is 0 Å². The van der Waals surface area contributed by atoms with Gasteiger partial charge in [0.25, 0.3) is 0 Å². The van der Waals surface area contributed by atoms with Crippen molar-refractivity contribution in [1.82, 2.24) is 24.6 Å². The molecular weight excluding hydrogens is 379 g/mol. The van der Waals surface area contributed by atoms with Crippen LogP contribution >= 0.6 is 11.6 Å². The summed E-state index contributed by atoms with van der Waals surface area (Å²) in [4.78, 5) is 13.6. The largest absolute Gasteiger partial charge is 0.368 e. The predicted molar refractivity (Wildman–Crippen MR) is 106 cm³/mol. The molecule has 3 heterocycles. The van der Waals surface area contributed by atoms with Gasteiger partial charge in [0.05, 0.1) is 11.3 Å². The summed E-state index contributed by atoms with van der Waals surface area (Å²) in [5.74, 6) is 1.04. The number of aromatic nitrogens is 5. The number of pyridine rings is 1. The van der Waals surface area contributed by atoms with E-state index in [9.17, 15) is 4.39 Å². The van der Waals surface area contributed by atoms with Crippen LogP contribution in [-0.4, -0.2) is 24.6 Å². The second kappa shape index (κ2) is 6.24. The standard InChI is InChI=1S/C20H16ClFN6/c1-10-8-13(9-15(21)24-10)16-17(11-4-6-14(22)7-5-11)25-20(23)28-19(16)26-18(27-28)12-2-3-12/h4-9,12H,2-3H2,1H3,(H2,23,25). The summed E-state index contributed by atoms with van der Waals surface area (Å²) >= 11 is 6.22. The van der Waals surface area contributed by atoms with E-state index in [1.165, 1.54) is 12.1 Å². The SMILES string of the molecule is Cc1cc(-c2c(-c3ccc(F)cc3)nc(N)n3nc(C4CC4)nc23)cc(Cl)n1. The van der Waals surface area contributed by atoms with Crippen molar-refractivity contribution in [1.29, 1.82) is 0 Å². The smallest absolute Gasteiger partial charge is 0.223 e. The summed E-state index contributed by atoms with van der Waals surface area (Å²) in [6.45, 7) is 1.87.